The molecule has 0 radical (unpaired) electrons. The van der Waals surface area contributed by atoms with Gasteiger partial charge in [-0.05, 0) is 26.3 Å². The fourth-order valence-electron chi connectivity index (χ4n) is 2.08. The van der Waals surface area contributed by atoms with Crippen molar-refractivity contribution in [3.05, 3.63) is 40.6 Å². The Labute approximate surface area is 116 Å². The van der Waals surface area contributed by atoms with Gasteiger partial charge in [0.2, 0.25) is 0 Å². The highest BCUT2D eigenvalue weighted by Crippen LogP contribution is 2.34. The van der Waals surface area contributed by atoms with Crippen molar-refractivity contribution >= 4 is 22.3 Å². The SMILES string of the molecule is CC(C)(CCO)Nc1c([N+](=O)[O-])cnc2ccccc12. The summed E-state index contributed by atoms with van der Waals surface area (Å²) in [6.07, 6.45) is 1.75. The van der Waals surface area contributed by atoms with Crippen LogP contribution in [0.1, 0.15) is 20.3 Å². The molecule has 2 rings (SSSR count). The molecule has 2 N–H and O–H groups in total. The Kier molecular flexibility index (Phi) is 3.85. The van der Waals surface area contributed by atoms with Gasteiger partial charge < -0.3 is 10.4 Å². The van der Waals surface area contributed by atoms with Crippen LogP contribution in [0.3, 0.4) is 0 Å². The van der Waals surface area contributed by atoms with Gasteiger partial charge in [-0.2, -0.15) is 0 Å². The van der Waals surface area contributed by atoms with Crippen molar-refractivity contribution in [3.63, 3.8) is 0 Å². The van der Waals surface area contributed by atoms with E-state index in [-0.39, 0.29) is 12.3 Å². The molecule has 1 heterocycles. The highest BCUT2D eigenvalue weighted by Gasteiger charge is 2.24. The third kappa shape index (κ3) is 2.85. The number of nitro groups is 1. The molecule has 20 heavy (non-hydrogen) atoms. The summed E-state index contributed by atoms with van der Waals surface area (Å²) in [5.74, 6) is 0. The standard InChI is InChI=1S/C14H17N3O3/c1-14(2,7-8-18)16-13-10-5-3-4-6-11(10)15-9-12(13)17(19)20/h3-6,9,18H,7-8H2,1-2H3,(H,15,16). The van der Waals surface area contributed by atoms with Crippen molar-refractivity contribution < 1.29 is 10.0 Å². The van der Waals surface area contributed by atoms with Crippen LogP contribution in [-0.2, 0) is 0 Å². The van der Waals surface area contributed by atoms with Crippen molar-refractivity contribution in [2.24, 2.45) is 0 Å². The number of pyridine rings is 1. The minimum Gasteiger partial charge on any atom is -0.396 e. The zero-order valence-corrected chi connectivity index (χ0v) is 11.5. The highest BCUT2D eigenvalue weighted by atomic mass is 16.6. The van der Waals surface area contributed by atoms with Crippen molar-refractivity contribution in [1.29, 1.82) is 0 Å². The summed E-state index contributed by atoms with van der Waals surface area (Å²) in [5.41, 5.74) is 0.623. The van der Waals surface area contributed by atoms with Crippen LogP contribution in [0, 0.1) is 10.1 Å². The average molecular weight is 275 g/mol. The van der Waals surface area contributed by atoms with Gasteiger partial charge >= 0.3 is 5.69 Å². The summed E-state index contributed by atoms with van der Waals surface area (Å²) in [5, 5.41) is 24.1. The molecule has 1 aromatic heterocycles. The van der Waals surface area contributed by atoms with Crippen LogP contribution in [0.15, 0.2) is 30.5 Å². The average Bonchev–Trinajstić information content (AvgIpc) is 2.38. The molecular formula is C14H17N3O3. The van der Waals surface area contributed by atoms with Gasteiger partial charge in [0.15, 0.2) is 0 Å². The number of anilines is 1. The fraction of sp³-hybridized carbons (Fsp3) is 0.357. The van der Waals surface area contributed by atoms with E-state index in [0.29, 0.717) is 23.0 Å². The van der Waals surface area contributed by atoms with Crippen molar-refractivity contribution in [1.82, 2.24) is 4.98 Å². The fourth-order valence-corrected chi connectivity index (χ4v) is 2.08. The maximum Gasteiger partial charge on any atom is 0.311 e. The second-order valence-electron chi connectivity index (χ2n) is 5.28. The number of rotatable bonds is 5. The van der Waals surface area contributed by atoms with E-state index in [4.69, 9.17) is 5.11 Å². The second kappa shape index (κ2) is 5.42. The van der Waals surface area contributed by atoms with Crippen LogP contribution in [0.5, 0.6) is 0 Å². The number of nitrogens with zero attached hydrogens (tertiary/aromatic N) is 2. The normalized spacial score (nSPS) is 11.6. The van der Waals surface area contributed by atoms with Gasteiger partial charge in [0.25, 0.3) is 0 Å². The summed E-state index contributed by atoms with van der Waals surface area (Å²) >= 11 is 0. The first-order valence-electron chi connectivity index (χ1n) is 6.36. The first-order valence-corrected chi connectivity index (χ1v) is 6.36. The lowest BCUT2D eigenvalue weighted by atomic mass is 10.00. The second-order valence-corrected chi connectivity index (χ2v) is 5.28. The molecule has 2 aromatic rings. The zero-order chi connectivity index (χ0) is 14.8. The number of para-hydroxylation sites is 1. The first kappa shape index (κ1) is 14.2. The van der Waals surface area contributed by atoms with Crippen LogP contribution in [0.25, 0.3) is 10.9 Å². The highest BCUT2D eigenvalue weighted by molar-refractivity contribution is 5.95. The van der Waals surface area contributed by atoms with Gasteiger partial charge in [-0.1, -0.05) is 18.2 Å². The smallest absolute Gasteiger partial charge is 0.311 e. The number of nitrogens with one attached hydrogen (secondary N) is 1. The number of aliphatic hydroxyl groups excluding tert-OH is 1. The quantitative estimate of drug-likeness (QED) is 0.647. The molecule has 106 valence electrons. The summed E-state index contributed by atoms with van der Waals surface area (Å²) in [6, 6.07) is 7.26. The number of benzene rings is 1. The molecule has 0 aliphatic rings. The van der Waals surface area contributed by atoms with Gasteiger partial charge in [-0.3, -0.25) is 10.1 Å². The van der Waals surface area contributed by atoms with E-state index in [0.717, 1.165) is 0 Å². The molecule has 0 spiro atoms. The molecule has 0 aliphatic carbocycles. The summed E-state index contributed by atoms with van der Waals surface area (Å²) in [7, 11) is 0. The van der Waals surface area contributed by atoms with Gasteiger partial charge in [-0.25, -0.2) is 4.98 Å². The Hall–Kier alpha value is -2.21. The Balaban J connectivity index is 2.58. The molecule has 0 saturated carbocycles. The van der Waals surface area contributed by atoms with Crippen molar-refractivity contribution in [2.45, 2.75) is 25.8 Å². The molecule has 6 nitrogen and oxygen atoms in total. The van der Waals surface area contributed by atoms with E-state index in [1.807, 2.05) is 32.0 Å². The van der Waals surface area contributed by atoms with Crippen LogP contribution in [0.4, 0.5) is 11.4 Å². The predicted octanol–water partition coefficient (Wildman–Crippen LogP) is 2.72. The minimum absolute atomic E-state index is 0.0107. The zero-order valence-electron chi connectivity index (χ0n) is 11.5. The van der Waals surface area contributed by atoms with Gasteiger partial charge in [0, 0.05) is 17.5 Å². The molecular weight excluding hydrogens is 258 g/mol. The van der Waals surface area contributed by atoms with Crippen LogP contribution in [0.2, 0.25) is 0 Å². The summed E-state index contributed by atoms with van der Waals surface area (Å²) in [6.45, 7) is 3.79. The van der Waals surface area contributed by atoms with E-state index in [9.17, 15) is 10.1 Å². The topological polar surface area (TPSA) is 88.3 Å². The largest absolute Gasteiger partial charge is 0.396 e. The molecule has 1 aromatic carbocycles. The van der Waals surface area contributed by atoms with Crippen molar-refractivity contribution in [2.75, 3.05) is 11.9 Å². The lowest BCUT2D eigenvalue weighted by Gasteiger charge is -2.27. The Morgan fingerprint density at radius 1 is 1.40 bits per heavy atom. The number of hydrogen-bond acceptors (Lipinski definition) is 5. The van der Waals surface area contributed by atoms with E-state index in [2.05, 4.69) is 10.3 Å². The predicted molar refractivity (Wildman–Crippen MR) is 77.8 cm³/mol. The molecule has 0 fully saturated rings. The number of hydrogen-bond donors (Lipinski definition) is 2. The number of aliphatic hydroxyl groups is 1. The molecule has 0 amide bonds. The van der Waals surface area contributed by atoms with Crippen LogP contribution in [-0.4, -0.2) is 27.2 Å². The molecule has 6 heteroatoms. The van der Waals surface area contributed by atoms with E-state index < -0.39 is 10.5 Å². The molecule has 0 atom stereocenters. The number of fused-ring (bicyclic) bond motifs is 1. The monoisotopic (exact) mass is 275 g/mol. The Morgan fingerprint density at radius 2 is 2.10 bits per heavy atom. The molecule has 0 aliphatic heterocycles. The number of aromatic nitrogens is 1. The minimum atomic E-state index is -0.455. The van der Waals surface area contributed by atoms with Crippen molar-refractivity contribution in [3.8, 4) is 0 Å². The third-order valence-corrected chi connectivity index (χ3v) is 3.15. The van der Waals surface area contributed by atoms with E-state index in [1.165, 1.54) is 6.20 Å². The third-order valence-electron chi connectivity index (χ3n) is 3.15. The molecule has 0 unspecified atom stereocenters. The molecule has 0 saturated heterocycles. The Bertz CT molecular complexity index is 641. The Morgan fingerprint density at radius 3 is 2.75 bits per heavy atom. The summed E-state index contributed by atoms with van der Waals surface area (Å²) in [4.78, 5) is 14.8. The van der Waals surface area contributed by atoms with Gasteiger partial charge in [-0.15, -0.1) is 0 Å². The molecule has 0 bridgehead atoms. The van der Waals surface area contributed by atoms with Crippen LogP contribution < -0.4 is 5.32 Å². The van der Waals surface area contributed by atoms with Gasteiger partial charge in [0.05, 0.1) is 10.4 Å². The maximum atomic E-state index is 11.2. The first-order chi connectivity index (χ1) is 9.44. The van der Waals surface area contributed by atoms with Crippen LogP contribution >= 0.6 is 0 Å². The lowest BCUT2D eigenvalue weighted by Crippen LogP contribution is -2.32. The van der Waals surface area contributed by atoms with E-state index in [1.54, 1.807) is 6.07 Å². The lowest BCUT2D eigenvalue weighted by molar-refractivity contribution is -0.384. The summed E-state index contributed by atoms with van der Waals surface area (Å²) < 4.78 is 0. The van der Waals surface area contributed by atoms with E-state index >= 15 is 0 Å². The maximum absolute atomic E-state index is 11.2. The van der Waals surface area contributed by atoms with Gasteiger partial charge in [0.1, 0.15) is 11.9 Å².